The minimum atomic E-state index is -0.730. The predicted molar refractivity (Wildman–Crippen MR) is 130 cm³/mol. The molecule has 0 radical (unpaired) electrons. The zero-order chi connectivity index (χ0) is 24.9. The fourth-order valence-corrected chi connectivity index (χ4v) is 8.05. The van der Waals surface area contributed by atoms with E-state index in [4.69, 9.17) is 0 Å². The molecule has 0 amide bonds. The molecule has 1 aliphatic heterocycles. The van der Waals surface area contributed by atoms with Crippen LogP contribution < -0.4 is 0 Å². The van der Waals surface area contributed by atoms with Crippen LogP contribution in [0.1, 0.15) is 22.3 Å². The van der Waals surface area contributed by atoms with Gasteiger partial charge in [0.15, 0.2) is 0 Å². The van der Waals surface area contributed by atoms with Gasteiger partial charge in [-0.3, -0.25) is 0 Å². The summed E-state index contributed by atoms with van der Waals surface area (Å²) in [4.78, 5) is 36.0. The Kier molecular flexibility index (Phi) is 5.45. The average Bonchev–Trinajstić information content (AvgIpc) is 3.45. The molecule has 1 heterocycles. The average molecular weight is 549 g/mol. The van der Waals surface area contributed by atoms with Crippen LogP contribution in [0.2, 0.25) is 0 Å². The van der Waals surface area contributed by atoms with Crippen LogP contribution in [0.25, 0.3) is 21.6 Å². The van der Waals surface area contributed by atoms with Crippen LogP contribution in [0.15, 0.2) is 63.4 Å². The summed E-state index contributed by atoms with van der Waals surface area (Å²) >= 11 is 1.17. The first-order valence-corrected chi connectivity index (χ1v) is 12.5. The quantitative estimate of drug-likeness (QED) is 0.186. The van der Waals surface area contributed by atoms with Crippen molar-refractivity contribution in [2.75, 3.05) is 0 Å². The number of nitrogens with zero attached hydrogens (tertiary/aromatic N) is 4. The van der Waals surface area contributed by atoms with Crippen LogP contribution in [-0.2, 0) is 0 Å². The second-order valence-electron chi connectivity index (χ2n) is 7.42. The second kappa shape index (κ2) is 8.48. The first-order valence-electron chi connectivity index (χ1n) is 9.85. The van der Waals surface area contributed by atoms with Crippen molar-refractivity contribution >= 4 is 54.3 Å². The van der Waals surface area contributed by atoms with E-state index in [0.717, 1.165) is 26.4 Å². The molecule has 0 fully saturated rings. The molecule has 1 aliphatic carbocycles. The van der Waals surface area contributed by atoms with E-state index in [1.807, 2.05) is 41.4 Å². The molecule has 5 rings (SSSR count). The number of hydrogen-bond acceptors (Lipinski definition) is 8. The first-order chi connectivity index (χ1) is 16.8. The Balaban J connectivity index is 1.84. The molecule has 35 heavy (non-hydrogen) atoms. The van der Waals surface area contributed by atoms with Crippen LogP contribution in [0.5, 0.6) is 0 Å². The molecule has 0 saturated carbocycles. The minimum absolute atomic E-state index is 0.0640. The van der Waals surface area contributed by atoms with Crippen LogP contribution >= 0.6 is 11.8 Å². The van der Waals surface area contributed by atoms with Gasteiger partial charge in [0.1, 0.15) is 0 Å². The Morgan fingerprint density at radius 2 is 1.46 bits per heavy atom. The van der Waals surface area contributed by atoms with Crippen molar-refractivity contribution in [1.29, 1.82) is 5.26 Å². The van der Waals surface area contributed by atoms with Crippen molar-refractivity contribution in [3.05, 3.63) is 116 Å². The SMILES string of the molecule is N#Cc1cc([N+](=O)[O-])cc2c1-c1c(cc([N+](=O)[O-])cc1[N+](=O)[O-])/C2=C1\SC(c2ccccc2)=C[Se]1. The number of nitriles is 1. The van der Waals surface area contributed by atoms with Crippen molar-refractivity contribution < 1.29 is 14.8 Å². The van der Waals surface area contributed by atoms with Gasteiger partial charge in [-0.05, 0) is 0 Å². The molecule has 0 atom stereocenters. The van der Waals surface area contributed by atoms with Crippen LogP contribution in [0.4, 0.5) is 17.1 Å². The van der Waals surface area contributed by atoms with Crippen molar-refractivity contribution in [1.82, 2.24) is 0 Å². The number of benzene rings is 3. The van der Waals surface area contributed by atoms with E-state index in [0.29, 0.717) is 11.1 Å². The van der Waals surface area contributed by atoms with E-state index in [9.17, 15) is 35.6 Å². The number of nitro groups is 3. The number of non-ortho nitro benzene ring substituents is 2. The number of nitro benzene ring substituents is 3. The zero-order valence-corrected chi connectivity index (χ0v) is 19.9. The van der Waals surface area contributed by atoms with Crippen molar-refractivity contribution in [2.24, 2.45) is 0 Å². The molecule has 0 bridgehead atoms. The Morgan fingerprint density at radius 1 is 0.829 bits per heavy atom. The van der Waals surface area contributed by atoms with E-state index in [-0.39, 0.29) is 42.9 Å². The van der Waals surface area contributed by atoms with Crippen molar-refractivity contribution in [2.45, 2.75) is 0 Å². The molecule has 0 saturated heterocycles. The maximum atomic E-state index is 11.9. The van der Waals surface area contributed by atoms with E-state index >= 15 is 0 Å². The summed E-state index contributed by atoms with van der Waals surface area (Å²) in [6, 6.07) is 15.9. The van der Waals surface area contributed by atoms with Gasteiger partial charge >= 0.3 is 207 Å². The van der Waals surface area contributed by atoms with Crippen LogP contribution in [0.3, 0.4) is 0 Å². The third kappa shape index (κ3) is 3.68. The van der Waals surface area contributed by atoms with Gasteiger partial charge < -0.3 is 0 Å². The van der Waals surface area contributed by atoms with Gasteiger partial charge in [-0.25, -0.2) is 0 Å². The summed E-state index contributed by atoms with van der Waals surface area (Å²) in [5.41, 5.74) is 0.751. The van der Waals surface area contributed by atoms with Gasteiger partial charge in [-0.2, -0.15) is 0 Å². The van der Waals surface area contributed by atoms with Crippen LogP contribution in [0, 0.1) is 41.7 Å². The topological polar surface area (TPSA) is 153 Å². The molecule has 0 N–H and O–H groups in total. The van der Waals surface area contributed by atoms with E-state index in [2.05, 4.69) is 0 Å². The maximum absolute atomic E-state index is 11.9. The first kappa shape index (κ1) is 22.5. The summed E-state index contributed by atoms with van der Waals surface area (Å²) in [5, 5.41) is 44.9. The fraction of sp³-hybridized carbons (Fsp3) is 0. The number of thioether (sulfide) groups is 1. The zero-order valence-electron chi connectivity index (χ0n) is 17.3. The third-order valence-electron chi connectivity index (χ3n) is 5.49. The van der Waals surface area contributed by atoms with Gasteiger partial charge in [-0.15, -0.1) is 0 Å². The van der Waals surface area contributed by atoms with Crippen LogP contribution in [-0.4, -0.2) is 29.7 Å². The van der Waals surface area contributed by atoms with Gasteiger partial charge in [0.25, 0.3) is 0 Å². The molecule has 0 spiro atoms. The molecule has 0 aromatic heterocycles. The molecule has 170 valence electrons. The molecular weight excluding hydrogens is 539 g/mol. The second-order valence-corrected chi connectivity index (χ2v) is 10.9. The van der Waals surface area contributed by atoms with E-state index in [1.165, 1.54) is 23.9 Å². The normalized spacial score (nSPS) is 15.7. The molecule has 0 unspecified atom stereocenters. The van der Waals surface area contributed by atoms with Gasteiger partial charge in [0.05, 0.1) is 0 Å². The summed E-state index contributed by atoms with van der Waals surface area (Å²) < 4.78 is 0.788. The Morgan fingerprint density at radius 3 is 2.06 bits per heavy atom. The molecule has 10 nitrogen and oxygen atoms in total. The summed E-state index contributed by atoms with van der Waals surface area (Å²) in [5.74, 6) is 0. The number of hydrogen-bond donors (Lipinski definition) is 0. The molecule has 2 aliphatic rings. The predicted octanol–water partition coefficient (Wildman–Crippen LogP) is 5.43. The molecule has 3 aromatic carbocycles. The van der Waals surface area contributed by atoms with Crippen molar-refractivity contribution in [3.8, 4) is 17.2 Å². The summed E-state index contributed by atoms with van der Waals surface area (Å²) in [7, 11) is 0. The van der Waals surface area contributed by atoms with Gasteiger partial charge in [0.2, 0.25) is 0 Å². The monoisotopic (exact) mass is 550 g/mol. The summed E-state index contributed by atoms with van der Waals surface area (Å²) in [6.45, 7) is 0. The third-order valence-corrected chi connectivity index (χ3v) is 9.43. The number of rotatable bonds is 4. The number of fused-ring (bicyclic) bond motifs is 3. The van der Waals surface area contributed by atoms with E-state index in [1.54, 1.807) is 0 Å². The Hall–Kier alpha value is -4.30. The molecule has 3 aromatic rings. The molecule has 12 heteroatoms. The van der Waals surface area contributed by atoms with Gasteiger partial charge in [-0.1, -0.05) is 0 Å². The summed E-state index contributed by atoms with van der Waals surface area (Å²) in [6.07, 6.45) is 0. The van der Waals surface area contributed by atoms with Crippen molar-refractivity contribution in [3.63, 3.8) is 0 Å². The standard InChI is InChI=1S/C23H10N4O6SSe/c24-10-13-6-14(25(28)29)7-16-20(13)22-17(8-15(26(30)31)9-18(22)27(32)33)21(16)23-34-19(11-35-23)12-4-2-1-3-5-12/h1-9,11H/b23-21+. The fourth-order valence-electron chi connectivity index (χ4n) is 4.07. The molecular formula is C23H10N4O6SSe. The Bertz CT molecular complexity index is 1590. The van der Waals surface area contributed by atoms with Gasteiger partial charge in [0, 0.05) is 0 Å². The van der Waals surface area contributed by atoms with E-state index < -0.39 is 26.1 Å². The Labute approximate surface area is 207 Å².